The van der Waals surface area contributed by atoms with Gasteiger partial charge in [-0.15, -0.1) is 11.3 Å². The zero-order chi connectivity index (χ0) is 21.5. The number of hydrogen-bond donors (Lipinski definition) is 2. The summed E-state index contributed by atoms with van der Waals surface area (Å²) in [5.74, 6) is 1.70. The van der Waals surface area contributed by atoms with E-state index in [9.17, 15) is 4.39 Å². The number of aromatic nitrogens is 1. The molecule has 2 aromatic heterocycles. The molecule has 168 valence electrons. The van der Waals surface area contributed by atoms with E-state index in [2.05, 4.69) is 45.0 Å². The van der Waals surface area contributed by atoms with Crippen LogP contribution in [0.1, 0.15) is 31.1 Å². The molecule has 1 unspecified atom stereocenters. The summed E-state index contributed by atoms with van der Waals surface area (Å²) in [6.45, 7) is 8.68. The summed E-state index contributed by atoms with van der Waals surface area (Å²) >= 11 is 1.84. The molecule has 0 saturated carbocycles. The Bertz CT molecular complexity index is 834. The highest BCUT2D eigenvalue weighted by atomic mass is 32.1. The Kier molecular flexibility index (Phi) is 7.75. The van der Waals surface area contributed by atoms with Crippen molar-refractivity contribution in [1.82, 2.24) is 20.5 Å². The Morgan fingerprint density at radius 3 is 2.84 bits per heavy atom. The quantitative estimate of drug-likeness (QED) is 0.507. The molecule has 31 heavy (non-hydrogen) atoms. The second-order valence-electron chi connectivity index (χ2n) is 8.40. The lowest BCUT2D eigenvalue weighted by atomic mass is 9.97. The minimum Gasteiger partial charge on any atom is -0.357 e. The fourth-order valence-electron chi connectivity index (χ4n) is 4.36. The Morgan fingerprint density at radius 1 is 1.23 bits per heavy atom. The topological polar surface area (TPSA) is 55.8 Å². The van der Waals surface area contributed by atoms with Crippen LogP contribution in [-0.4, -0.2) is 61.2 Å². The summed E-state index contributed by atoms with van der Waals surface area (Å²) in [6, 6.07) is 7.70. The fraction of sp³-hybridized carbons (Fsp3) is 0.565. The molecule has 2 N–H and O–H groups in total. The lowest BCUT2D eigenvalue weighted by Crippen LogP contribution is -2.45. The molecule has 2 aliphatic rings. The van der Waals surface area contributed by atoms with Crippen LogP contribution in [0.5, 0.6) is 0 Å². The minimum absolute atomic E-state index is 0.242. The molecule has 1 atom stereocenters. The normalized spacial score (nSPS) is 20.9. The van der Waals surface area contributed by atoms with E-state index >= 15 is 0 Å². The number of hydrogen-bond acceptors (Lipinski definition) is 5. The molecule has 0 bridgehead atoms. The van der Waals surface area contributed by atoms with Gasteiger partial charge in [-0.1, -0.05) is 6.07 Å². The number of rotatable bonds is 7. The van der Waals surface area contributed by atoms with Crippen molar-refractivity contribution in [2.75, 3.05) is 44.2 Å². The van der Waals surface area contributed by atoms with Crippen molar-refractivity contribution in [2.24, 2.45) is 10.9 Å². The third-order valence-corrected chi connectivity index (χ3v) is 6.95. The molecule has 2 saturated heterocycles. The summed E-state index contributed by atoms with van der Waals surface area (Å²) in [5.41, 5.74) is 0. The van der Waals surface area contributed by atoms with Crippen molar-refractivity contribution in [1.29, 1.82) is 0 Å². The largest absolute Gasteiger partial charge is 0.357 e. The molecule has 0 amide bonds. The van der Waals surface area contributed by atoms with Gasteiger partial charge in [-0.2, -0.15) is 0 Å². The maximum absolute atomic E-state index is 14.0. The van der Waals surface area contributed by atoms with Gasteiger partial charge in [0.2, 0.25) is 0 Å². The first-order chi connectivity index (χ1) is 15.2. The predicted octanol–water partition coefficient (Wildman–Crippen LogP) is 3.33. The number of pyridine rings is 1. The minimum atomic E-state index is -0.255. The van der Waals surface area contributed by atoms with Crippen LogP contribution in [0.3, 0.4) is 0 Å². The van der Waals surface area contributed by atoms with E-state index in [1.54, 1.807) is 12.3 Å². The van der Waals surface area contributed by atoms with Crippen LogP contribution in [0.2, 0.25) is 0 Å². The molecule has 4 rings (SSSR count). The molecule has 4 heterocycles. The number of guanidine groups is 1. The van der Waals surface area contributed by atoms with Crippen molar-refractivity contribution in [3.05, 3.63) is 46.5 Å². The molecule has 8 heteroatoms. The Labute approximate surface area is 188 Å². The molecule has 6 nitrogen and oxygen atoms in total. The molecular formula is C23H33FN6S. The van der Waals surface area contributed by atoms with Crippen molar-refractivity contribution < 1.29 is 4.39 Å². The second-order valence-corrected chi connectivity index (χ2v) is 9.44. The fourth-order valence-corrected chi connectivity index (χ4v) is 5.11. The zero-order valence-electron chi connectivity index (χ0n) is 18.3. The first-order valence-electron chi connectivity index (χ1n) is 11.4. The highest BCUT2D eigenvalue weighted by Gasteiger charge is 2.26. The first kappa shape index (κ1) is 22.0. The van der Waals surface area contributed by atoms with Gasteiger partial charge in [0.15, 0.2) is 17.6 Å². The number of nitrogens with one attached hydrogen (secondary N) is 2. The van der Waals surface area contributed by atoms with Gasteiger partial charge in [0, 0.05) is 49.8 Å². The number of aliphatic imine (C=N–C) groups is 1. The molecule has 2 aliphatic heterocycles. The third kappa shape index (κ3) is 6.17. The van der Waals surface area contributed by atoms with Gasteiger partial charge in [-0.3, -0.25) is 9.89 Å². The van der Waals surface area contributed by atoms with Crippen LogP contribution in [-0.2, 0) is 6.54 Å². The highest BCUT2D eigenvalue weighted by Crippen LogP contribution is 2.22. The average molecular weight is 445 g/mol. The predicted molar refractivity (Wildman–Crippen MR) is 126 cm³/mol. The Morgan fingerprint density at radius 2 is 2.10 bits per heavy atom. The van der Waals surface area contributed by atoms with Crippen LogP contribution >= 0.6 is 11.3 Å². The number of piperidine rings is 1. The lowest BCUT2D eigenvalue weighted by molar-refractivity contribution is 0.182. The molecule has 0 radical (unpaired) electrons. The zero-order valence-corrected chi connectivity index (χ0v) is 19.1. The Balaban J connectivity index is 1.25. The monoisotopic (exact) mass is 444 g/mol. The van der Waals surface area contributed by atoms with Crippen LogP contribution in [0.15, 0.2) is 40.8 Å². The maximum atomic E-state index is 14.0. The molecule has 2 fully saturated rings. The molecular weight excluding hydrogens is 411 g/mol. The van der Waals surface area contributed by atoms with Crippen molar-refractivity contribution >= 4 is 23.1 Å². The highest BCUT2D eigenvalue weighted by molar-refractivity contribution is 7.09. The molecule has 0 aromatic carbocycles. The smallest absolute Gasteiger partial charge is 0.191 e. The Hall–Kier alpha value is -2.19. The molecule has 2 aromatic rings. The second kappa shape index (κ2) is 10.9. The van der Waals surface area contributed by atoms with Crippen LogP contribution < -0.4 is 15.5 Å². The van der Waals surface area contributed by atoms with Gasteiger partial charge >= 0.3 is 0 Å². The van der Waals surface area contributed by atoms with Crippen LogP contribution in [0, 0.1) is 11.7 Å². The van der Waals surface area contributed by atoms with Crippen molar-refractivity contribution in [2.45, 2.75) is 38.8 Å². The number of thiophene rings is 1. The maximum Gasteiger partial charge on any atom is 0.191 e. The van der Waals surface area contributed by atoms with E-state index in [-0.39, 0.29) is 11.9 Å². The number of anilines is 1. The number of likely N-dealkylation sites (tertiary alicyclic amines) is 1. The standard InChI is InChI=1S/C23H33FN6S/c1-2-25-23(28-19-9-13-30(16-19)22-21(24)6-3-10-26-22)27-15-18-7-11-29(12-8-18)17-20-5-4-14-31-20/h3-6,10,14,18-19H,2,7-9,11-13,15-17H2,1H3,(H2,25,27,28). The molecule has 0 spiro atoms. The number of halogens is 1. The van der Waals surface area contributed by atoms with E-state index in [4.69, 9.17) is 4.99 Å². The van der Waals surface area contributed by atoms with Gasteiger partial charge < -0.3 is 15.5 Å². The van der Waals surface area contributed by atoms with E-state index in [1.165, 1.54) is 23.8 Å². The van der Waals surface area contributed by atoms with Gasteiger partial charge in [-0.25, -0.2) is 9.37 Å². The van der Waals surface area contributed by atoms with Crippen LogP contribution in [0.4, 0.5) is 10.2 Å². The van der Waals surface area contributed by atoms with Crippen molar-refractivity contribution in [3.8, 4) is 0 Å². The first-order valence-corrected chi connectivity index (χ1v) is 12.2. The van der Waals surface area contributed by atoms with Gasteiger partial charge in [0.25, 0.3) is 0 Å². The van der Waals surface area contributed by atoms with E-state index in [1.807, 2.05) is 16.2 Å². The third-order valence-electron chi connectivity index (χ3n) is 6.09. The number of nitrogens with zero attached hydrogens (tertiary/aromatic N) is 4. The summed E-state index contributed by atoms with van der Waals surface area (Å²) < 4.78 is 14.0. The van der Waals surface area contributed by atoms with Gasteiger partial charge in [-0.05, 0) is 68.8 Å². The molecule has 0 aliphatic carbocycles. The lowest BCUT2D eigenvalue weighted by Gasteiger charge is -2.31. The average Bonchev–Trinajstić information content (AvgIpc) is 3.46. The summed E-state index contributed by atoms with van der Waals surface area (Å²) in [6.07, 6.45) is 4.99. The van der Waals surface area contributed by atoms with E-state index in [0.29, 0.717) is 11.7 Å². The summed E-state index contributed by atoms with van der Waals surface area (Å²) in [5, 5.41) is 9.08. The van der Waals surface area contributed by atoms with E-state index < -0.39 is 0 Å². The van der Waals surface area contributed by atoms with Gasteiger partial charge in [0.05, 0.1) is 0 Å². The van der Waals surface area contributed by atoms with Gasteiger partial charge in [0.1, 0.15) is 0 Å². The van der Waals surface area contributed by atoms with Crippen LogP contribution in [0.25, 0.3) is 0 Å². The van der Waals surface area contributed by atoms with Crippen molar-refractivity contribution in [3.63, 3.8) is 0 Å². The summed E-state index contributed by atoms with van der Waals surface area (Å²) in [4.78, 5) is 15.1. The summed E-state index contributed by atoms with van der Waals surface area (Å²) in [7, 11) is 0. The van der Waals surface area contributed by atoms with E-state index in [0.717, 1.165) is 58.2 Å². The SMILES string of the molecule is CCNC(=NCC1CCN(Cc2cccs2)CC1)NC1CCN(c2ncccc2F)C1.